The van der Waals surface area contributed by atoms with Crippen LogP contribution in [0.2, 0.25) is 0 Å². The first kappa shape index (κ1) is 19.1. The lowest BCUT2D eigenvalue weighted by molar-refractivity contribution is 0.0306. The van der Waals surface area contributed by atoms with E-state index in [1.54, 1.807) is 0 Å². The van der Waals surface area contributed by atoms with Crippen molar-refractivity contribution in [3.8, 4) is 0 Å². The van der Waals surface area contributed by atoms with Crippen LogP contribution in [-0.2, 0) is 32.1 Å². The van der Waals surface area contributed by atoms with Crippen molar-refractivity contribution in [3.05, 3.63) is 45.7 Å². The third-order valence-corrected chi connectivity index (χ3v) is 7.50. The van der Waals surface area contributed by atoms with Crippen LogP contribution in [0.4, 0.5) is 10.5 Å². The normalized spacial score (nSPS) is 21.4. The van der Waals surface area contributed by atoms with Crippen molar-refractivity contribution in [1.82, 2.24) is 4.72 Å². The SMILES string of the molecule is CC1(C)CCc2oc(SNC(=O)Nc3c4c(cc5c3CCC5)CCC4)cc2C1O. The molecule has 5 rings (SSSR count). The number of rotatable bonds is 3. The van der Waals surface area contributed by atoms with E-state index in [1.807, 2.05) is 6.07 Å². The van der Waals surface area contributed by atoms with Crippen LogP contribution in [0.1, 0.15) is 72.8 Å². The van der Waals surface area contributed by atoms with Crippen molar-refractivity contribution < 1.29 is 14.3 Å². The Kier molecular flexibility index (Phi) is 4.67. The number of nitrogens with one attached hydrogen (secondary N) is 2. The summed E-state index contributed by atoms with van der Waals surface area (Å²) in [7, 11) is 0. The Morgan fingerprint density at radius 2 is 1.79 bits per heavy atom. The van der Waals surface area contributed by atoms with E-state index in [0.29, 0.717) is 5.09 Å². The number of furan rings is 1. The first-order valence-corrected chi connectivity index (χ1v) is 11.4. The minimum atomic E-state index is -0.535. The van der Waals surface area contributed by atoms with Gasteiger partial charge in [0.05, 0.1) is 6.10 Å². The summed E-state index contributed by atoms with van der Waals surface area (Å²) in [5, 5.41) is 14.3. The Morgan fingerprint density at radius 1 is 1.10 bits per heavy atom. The number of aliphatic hydroxyl groups excluding tert-OH is 1. The summed E-state index contributed by atoms with van der Waals surface area (Å²) in [5.41, 5.74) is 7.20. The molecule has 1 heterocycles. The van der Waals surface area contributed by atoms with Gasteiger partial charge in [0.1, 0.15) is 5.76 Å². The molecule has 154 valence electrons. The molecule has 1 aromatic carbocycles. The van der Waals surface area contributed by atoms with Gasteiger partial charge in [0.25, 0.3) is 0 Å². The monoisotopic (exact) mass is 412 g/mol. The Morgan fingerprint density at radius 3 is 2.48 bits per heavy atom. The molecule has 0 saturated heterocycles. The zero-order chi connectivity index (χ0) is 20.2. The van der Waals surface area contributed by atoms with Crippen LogP contribution in [0.25, 0.3) is 0 Å². The van der Waals surface area contributed by atoms with Crippen molar-refractivity contribution in [2.75, 3.05) is 5.32 Å². The van der Waals surface area contributed by atoms with Crippen LogP contribution >= 0.6 is 11.9 Å². The Bertz CT molecular complexity index is 947. The predicted octanol–water partition coefficient (Wildman–Crippen LogP) is 5.09. The summed E-state index contributed by atoms with van der Waals surface area (Å²) < 4.78 is 8.74. The highest BCUT2D eigenvalue weighted by Crippen LogP contribution is 2.45. The lowest BCUT2D eigenvalue weighted by Crippen LogP contribution is -2.27. The maximum Gasteiger partial charge on any atom is 0.329 e. The van der Waals surface area contributed by atoms with Gasteiger partial charge in [-0.2, -0.15) is 0 Å². The lowest BCUT2D eigenvalue weighted by Gasteiger charge is -2.34. The van der Waals surface area contributed by atoms with Crippen molar-refractivity contribution in [1.29, 1.82) is 0 Å². The van der Waals surface area contributed by atoms with Crippen LogP contribution in [0, 0.1) is 5.41 Å². The molecule has 2 amide bonds. The van der Waals surface area contributed by atoms with Crippen molar-refractivity contribution >= 4 is 23.7 Å². The van der Waals surface area contributed by atoms with E-state index in [2.05, 4.69) is 30.0 Å². The number of urea groups is 1. The Balaban J connectivity index is 1.29. The van der Waals surface area contributed by atoms with Gasteiger partial charge in [-0.15, -0.1) is 0 Å². The van der Waals surface area contributed by atoms with E-state index in [9.17, 15) is 9.90 Å². The average Bonchev–Trinajstić information content (AvgIpc) is 3.42. The molecular formula is C23H28N2O3S. The summed E-state index contributed by atoms with van der Waals surface area (Å²) in [4.78, 5) is 12.7. The van der Waals surface area contributed by atoms with Crippen LogP contribution in [-0.4, -0.2) is 11.1 Å². The molecule has 0 fully saturated rings. The molecule has 3 aliphatic carbocycles. The molecule has 5 nitrogen and oxygen atoms in total. The summed E-state index contributed by atoms with van der Waals surface area (Å²) in [6, 6.07) is 4.01. The highest BCUT2D eigenvalue weighted by molar-refractivity contribution is 7.97. The van der Waals surface area contributed by atoms with E-state index < -0.39 is 6.10 Å². The van der Waals surface area contributed by atoms with Crippen LogP contribution in [0.3, 0.4) is 0 Å². The first-order valence-electron chi connectivity index (χ1n) is 10.6. The van der Waals surface area contributed by atoms with Crippen LogP contribution in [0.5, 0.6) is 0 Å². The number of aliphatic hydroxyl groups is 1. The molecule has 0 aliphatic heterocycles. The highest BCUT2D eigenvalue weighted by atomic mass is 32.2. The number of hydrogen-bond donors (Lipinski definition) is 3. The minimum Gasteiger partial charge on any atom is -0.453 e. The van der Waals surface area contributed by atoms with Gasteiger partial charge in [0.15, 0.2) is 5.09 Å². The van der Waals surface area contributed by atoms with Crippen molar-refractivity contribution in [2.24, 2.45) is 5.41 Å². The van der Waals surface area contributed by atoms with Gasteiger partial charge >= 0.3 is 6.03 Å². The van der Waals surface area contributed by atoms with Gasteiger partial charge in [0, 0.05) is 29.6 Å². The van der Waals surface area contributed by atoms with E-state index in [-0.39, 0.29) is 11.4 Å². The second-order valence-electron chi connectivity index (χ2n) is 9.23. The van der Waals surface area contributed by atoms with Gasteiger partial charge in [0.2, 0.25) is 0 Å². The van der Waals surface area contributed by atoms with Crippen molar-refractivity contribution in [2.45, 2.75) is 76.4 Å². The maximum atomic E-state index is 12.7. The maximum absolute atomic E-state index is 12.7. The number of benzene rings is 1. The van der Waals surface area contributed by atoms with Crippen LogP contribution in [0.15, 0.2) is 21.6 Å². The number of aryl methyl sites for hydroxylation is 3. The van der Waals surface area contributed by atoms with Crippen molar-refractivity contribution in [3.63, 3.8) is 0 Å². The molecule has 3 N–H and O–H groups in total. The van der Waals surface area contributed by atoms with Gasteiger partial charge in [-0.1, -0.05) is 19.9 Å². The van der Waals surface area contributed by atoms with Gasteiger partial charge < -0.3 is 14.8 Å². The zero-order valence-corrected chi connectivity index (χ0v) is 17.9. The standard InChI is InChI=1S/C23H28N2O3S/c1-23(2)10-9-18-17(21(23)26)12-19(28-18)29-25-22(27)24-20-15-7-3-5-13(15)11-14-6-4-8-16(14)20/h11-12,21,26H,3-10H2,1-2H3,(H2,24,25,27). The van der Waals surface area contributed by atoms with Crippen LogP contribution < -0.4 is 10.0 Å². The minimum absolute atomic E-state index is 0.155. The fourth-order valence-corrected chi connectivity index (χ4v) is 5.66. The van der Waals surface area contributed by atoms with Gasteiger partial charge in [-0.3, -0.25) is 4.72 Å². The first-order chi connectivity index (χ1) is 13.9. The van der Waals surface area contributed by atoms with E-state index in [4.69, 9.17) is 4.42 Å². The summed E-state index contributed by atoms with van der Waals surface area (Å²) >= 11 is 1.17. The summed E-state index contributed by atoms with van der Waals surface area (Å²) in [6.07, 6.45) is 7.82. The number of carbonyl (C=O) groups is 1. The average molecular weight is 413 g/mol. The molecule has 0 spiro atoms. The second-order valence-corrected chi connectivity index (χ2v) is 10.0. The van der Waals surface area contributed by atoms with E-state index >= 15 is 0 Å². The predicted molar refractivity (Wildman–Crippen MR) is 114 cm³/mol. The molecule has 1 aromatic heterocycles. The quantitative estimate of drug-likeness (QED) is 0.614. The number of fused-ring (bicyclic) bond motifs is 3. The van der Waals surface area contributed by atoms with E-state index in [1.165, 1.54) is 47.0 Å². The Hall–Kier alpha value is -1.92. The molecule has 29 heavy (non-hydrogen) atoms. The summed E-state index contributed by atoms with van der Waals surface area (Å²) in [6.45, 7) is 4.14. The fourth-order valence-electron chi connectivity index (χ4n) is 5.09. The van der Waals surface area contributed by atoms with Gasteiger partial charge in [-0.05, 0) is 78.7 Å². The summed E-state index contributed by atoms with van der Waals surface area (Å²) in [5.74, 6) is 0.834. The Labute approximate surface area is 175 Å². The third-order valence-electron chi connectivity index (χ3n) is 6.81. The molecule has 0 bridgehead atoms. The fraction of sp³-hybridized carbons (Fsp3) is 0.522. The van der Waals surface area contributed by atoms with Gasteiger partial charge in [-0.25, -0.2) is 4.79 Å². The topological polar surface area (TPSA) is 74.5 Å². The molecule has 1 unspecified atom stereocenters. The molecule has 6 heteroatoms. The lowest BCUT2D eigenvalue weighted by atomic mass is 9.74. The molecule has 1 atom stereocenters. The smallest absolute Gasteiger partial charge is 0.329 e. The highest BCUT2D eigenvalue weighted by Gasteiger charge is 2.37. The molecule has 3 aliphatic rings. The number of hydrogen-bond acceptors (Lipinski definition) is 4. The largest absolute Gasteiger partial charge is 0.453 e. The number of carbonyl (C=O) groups excluding carboxylic acids is 1. The third kappa shape index (κ3) is 3.36. The molecular weight excluding hydrogens is 384 g/mol. The second kappa shape index (κ2) is 7.10. The molecule has 2 aromatic rings. The zero-order valence-electron chi connectivity index (χ0n) is 17.1. The molecule has 0 saturated carbocycles. The van der Waals surface area contributed by atoms with E-state index in [0.717, 1.165) is 55.5 Å². The molecule has 0 radical (unpaired) electrons. The number of amides is 2. The number of anilines is 1.